The molecule has 2 N–H and O–H groups in total. The number of carbonyl (C=O) groups is 1. The Balaban J connectivity index is 1.55. The first kappa shape index (κ1) is 21.9. The highest BCUT2D eigenvalue weighted by molar-refractivity contribution is 6.30. The molecule has 0 saturated carbocycles. The Hall–Kier alpha value is -3.32. The van der Waals surface area contributed by atoms with Gasteiger partial charge in [0.15, 0.2) is 5.82 Å². The first-order valence-electron chi connectivity index (χ1n) is 10.6. The standard InChI is InChI=1S/C24H26ClN5O2/c1-16(31)26-11-12-30(2)24-21-14-19(15-32-20-10-6-9-18(25)13-20)27-23(21)28-22(29-24)17-7-4-3-5-8-17/h3-10,13,19H,11-12,14-15H2,1-2H3,(H,26,31)(H,27,28,29). The zero-order valence-corrected chi connectivity index (χ0v) is 18.9. The van der Waals surface area contributed by atoms with E-state index in [1.165, 1.54) is 6.92 Å². The Bertz CT molecular complexity index is 1090. The maximum absolute atomic E-state index is 11.3. The molecule has 1 aromatic heterocycles. The van der Waals surface area contributed by atoms with Crippen molar-refractivity contribution in [2.75, 3.05) is 37.0 Å². The van der Waals surface area contributed by atoms with E-state index in [-0.39, 0.29) is 11.9 Å². The first-order valence-corrected chi connectivity index (χ1v) is 10.9. The van der Waals surface area contributed by atoms with Gasteiger partial charge in [-0.1, -0.05) is 48.0 Å². The number of hydrogen-bond acceptors (Lipinski definition) is 6. The van der Waals surface area contributed by atoms with Crippen molar-refractivity contribution in [3.05, 3.63) is 65.2 Å². The average Bonchev–Trinajstić information content (AvgIpc) is 3.20. The van der Waals surface area contributed by atoms with E-state index >= 15 is 0 Å². The number of nitrogens with one attached hydrogen (secondary N) is 2. The summed E-state index contributed by atoms with van der Waals surface area (Å²) in [6.07, 6.45) is 0.741. The molecular formula is C24H26ClN5O2. The summed E-state index contributed by atoms with van der Waals surface area (Å²) < 4.78 is 5.95. The Morgan fingerprint density at radius 2 is 2.03 bits per heavy atom. The van der Waals surface area contributed by atoms with Crippen LogP contribution in [0.25, 0.3) is 11.4 Å². The molecule has 0 fully saturated rings. The van der Waals surface area contributed by atoms with Crippen LogP contribution in [0.2, 0.25) is 5.02 Å². The summed E-state index contributed by atoms with van der Waals surface area (Å²) in [5.74, 6) is 3.03. The van der Waals surface area contributed by atoms with Crippen molar-refractivity contribution in [2.24, 2.45) is 0 Å². The number of halogens is 1. The van der Waals surface area contributed by atoms with Crippen LogP contribution in [-0.4, -0.2) is 48.7 Å². The summed E-state index contributed by atoms with van der Waals surface area (Å²) in [5.41, 5.74) is 2.00. The molecular weight excluding hydrogens is 426 g/mol. The average molecular weight is 452 g/mol. The molecule has 2 heterocycles. The zero-order valence-electron chi connectivity index (χ0n) is 18.1. The molecule has 32 heavy (non-hydrogen) atoms. The zero-order chi connectivity index (χ0) is 22.5. The number of likely N-dealkylation sites (N-methyl/N-ethyl adjacent to an activating group) is 1. The van der Waals surface area contributed by atoms with Crippen LogP contribution < -0.4 is 20.3 Å². The number of aromatic nitrogens is 2. The molecule has 1 unspecified atom stereocenters. The predicted octanol–water partition coefficient (Wildman–Crippen LogP) is 3.78. The minimum absolute atomic E-state index is 0.0452. The van der Waals surface area contributed by atoms with Gasteiger partial charge in [0.05, 0.1) is 6.04 Å². The fraction of sp³-hybridized carbons (Fsp3) is 0.292. The minimum Gasteiger partial charge on any atom is -0.491 e. The van der Waals surface area contributed by atoms with Crippen molar-refractivity contribution in [1.82, 2.24) is 15.3 Å². The molecule has 1 aliphatic rings. The van der Waals surface area contributed by atoms with Gasteiger partial charge in [-0.3, -0.25) is 4.79 Å². The van der Waals surface area contributed by atoms with Gasteiger partial charge in [0, 0.05) is 49.6 Å². The lowest BCUT2D eigenvalue weighted by molar-refractivity contribution is -0.118. The summed E-state index contributed by atoms with van der Waals surface area (Å²) in [6.45, 7) is 3.18. The predicted molar refractivity (Wildman–Crippen MR) is 127 cm³/mol. The third-order valence-corrected chi connectivity index (χ3v) is 5.47. The maximum atomic E-state index is 11.3. The smallest absolute Gasteiger partial charge is 0.216 e. The third-order valence-electron chi connectivity index (χ3n) is 5.24. The number of anilines is 2. The monoisotopic (exact) mass is 451 g/mol. The minimum atomic E-state index is -0.0452. The van der Waals surface area contributed by atoms with Gasteiger partial charge >= 0.3 is 0 Å². The van der Waals surface area contributed by atoms with E-state index in [4.69, 9.17) is 26.3 Å². The fourth-order valence-corrected chi connectivity index (χ4v) is 3.84. The molecule has 0 spiro atoms. The van der Waals surface area contributed by atoms with Gasteiger partial charge in [0.2, 0.25) is 5.91 Å². The van der Waals surface area contributed by atoms with Crippen LogP contribution in [-0.2, 0) is 11.2 Å². The number of fused-ring (bicyclic) bond motifs is 1. The van der Waals surface area contributed by atoms with Crippen LogP contribution in [0.15, 0.2) is 54.6 Å². The lowest BCUT2D eigenvalue weighted by Crippen LogP contribution is -2.32. The second-order valence-corrected chi connectivity index (χ2v) is 8.22. The highest BCUT2D eigenvalue weighted by atomic mass is 35.5. The van der Waals surface area contributed by atoms with Gasteiger partial charge in [-0.2, -0.15) is 0 Å². The molecule has 2 aromatic carbocycles. The number of hydrogen-bond donors (Lipinski definition) is 2. The highest BCUT2D eigenvalue weighted by Gasteiger charge is 2.28. The largest absolute Gasteiger partial charge is 0.491 e. The number of benzene rings is 2. The number of rotatable bonds is 8. The molecule has 7 nitrogen and oxygen atoms in total. The van der Waals surface area contributed by atoms with Gasteiger partial charge in [0.25, 0.3) is 0 Å². The van der Waals surface area contributed by atoms with E-state index in [2.05, 4.69) is 15.5 Å². The second-order valence-electron chi connectivity index (χ2n) is 7.78. The first-order chi connectivity index (χ1) is 15.5. The van der Waals surface area contributed by atoms with Crippen molar-refractivity contribution < 1.29 is 9.53 Å². The number of amides is 1. The molecule has 166 valence electrons. The van der Waals surface area contributed by atoms with Crippen LogP contribution in [0.4, 0.5) is 11.6 Å². The lowest BCUT2D eigenvalue weighted by atomic mass is 10.1. The van der Waals surface area contributed by atoms with E-state index in [0.29, 0.717) is 30.5 Å². The van der Waals surface area contributed by atoms with Crippen molar-refractivity contribution >= 4 is 29.1 Å². The molecule has 1 amide bonds. The quantitative estimate of drug-likeness (QED) is 0.542. The normalized spacial score (nSPS) is 14.4. The van der Waals surface area contributed by atoms with E-state index in [1.807, 2.05) is 55.6 Å². The van der Waals surface area contributed by atoms with Crippen LogP contribution in [0.3, 0.4) is 0 Å². The molecule has 1 atom stereocenters. The summed E-state index contributed by atoms with van der Waals surface area (Å²) in [6, 6.07) is 17.4. The van der Waals surface area contributed by atoms with Crippen molar-refractivity contribution in [3.8, 4) is 17.1 Å². The lowest BCUT2D eigenvalue weighted by Gasteiger charge is -2.21. The molecule has 4 rings (SSSR count). The molecule has 0 bridgehead atoms. The van der Waals surface area contributed by atoms with Gasteiger partial charge in [-0.25, -0.2) is 9.97 Å². The highest BCUT2D eigenvalue weighted by Crippen LogP contribution is 2.34. The maximum Gasteiger partial charge on any atom is 0.216 e. The molecule has 0 radical (unpaired) electrons. The van der Waals surface area contributed by atoms with Gasteiger partial charge in [-0.15, -0.1) is 0 Å². The second kappa shape index (κ2) is 9.87. The van der Waals surface area contributed by atoms with Crippen LogP contribution in [0, 0.1) is 0 Å². The summed E-state index contributed by atoms with van der Waals surface area (Å²) in [5, 5.41) is 6.98. The van der Waals surface area contributed by atoms with E-state index in [1.54, 1.807) is 6.07 Å². The molecule has 8 heteroatoms. The number of ether oxygens (including phenoxy) is 1. The van der Waals surface area contributed by atoms with Crippen molar-refractivity contribution in [3.63, 3.8) is 0 Å². The van der Waals surface area contributed by atoms with Gasteiger partial charge in [0.1, 0.15) is 24.0 Å². The number of nitrogens with zero attached hydrogens (tertiary/aromatic N) is 3. The van der Waals surface area contributed by atoms with Crippen LogP contribution in [0.1, 0.15) is 12.5 Å². The number of carbonyl (C=O) groups excluding carboxylic acids is 1. The molecule has 1 aliphatic heterocycles. The van der Waals surface area contributed by atoms with E-state index in [9.17, 15) is 4.79 Å². The molecule has 0 aliphatic carbocycles. The van der Waals surface area contributed by atoms with Crippen LogP contribution >= 0.6 is 11.6 Å². The Morgan fingerprint density at radius 1 is 1.22 bits per heavy atom. The Kier molecular flexibility index (Phi) is 6.75. The molecule has 0 saturated heterocycles. The third kappa shape index (κ3) is 5.29. The topological polar surface area (TPSA) is 79.4 Å². The van der Waals surface area contributed by atoms with Crippen molar-refractivity contribution in [1.29, 1.82) is 0 Å². The SMILES string of the molecule is CC(=O)NCCN(C)c1nc(-c2ccccc2)nc2c1CC(COc1cccc(Cl)c1)N2. The van der Waals surface area contributed by atoms with Gasteiger partial charge in [-0.05, 0) is 18.2 Å². The van der Waals surface area contributed by atoms with E-state index < -0.39 is 0 Å². The van der Waals surface area contributed by atoms with E-state index in [0.717, 1.165) is 34.9 Å². The fourth-order valence-electron chi connectivity index (χ4n) is 3.66. The Labute approximate surface area is 192 Å². The summed E-state index contributed by atoms with van der Waals surface area (Å²) >= 11 is 6.06. The Morgan fingerprint density at radius 3 is 2.78 bits per heavy atom. The molecule has 3 aromatic rings. The summed E-state index contributed by atoms with van der Waals surface area (Å²) in [7, 11) is 1.98. The van der Waals surface area contributed by atoms with Crippen LogP contribution in [0.5, 0.6) is 5.75 Å². The van der Waals surface area contributed by atoms with Gasteiger partial charge < -0.3 is 20.3 Å². The summed E-state index contributed by atoms with van der Waals surface area (Å²) in [4.78, 5) is 23.0. The van der Waals surface area contributed by atoms with Crippen molar-refractivity contribution in [2.45, 2.75) is 19.4 Å².